The molecule has 1 amide bonds. The fraction of sp³-hybridized carbons (Fsp3) is 0.333. The third-order valence-electron chi connectivity index (χ3n) is 5.67. The Labute approximate surface area is 170 Å². The standard InChI is InChI=1S/C24H26FN3O/c1-16-3-5-18(6-4-16)15-26-24(29)19-9-11-28(12-10-19)23-13-17(2)27-22-8-7-20(25)14-21(22)23/h3-8,13-14,19H,9-12,15H2,1-2H3,(H,26,29). The lowest BCUT2D eigenvalue weighted by atomic mass is 9.95. The van der Waals surface area contributed by atoms with E-state index in [0.717, 1.165) is 53.8 Å². The highest BCUT2D eigenvalue weighted by atomic mass is 19.1. The highest BCUT2D eigenvalue weighted by Gasteiger charge is 2.26. The first-order valence-corrected chi connectivity index (χ1v) is 10.1. The quantitative estimate of drug-likeness (QED) is 0.711. The molecule has 1 fully saturated rings. The zero-order valence-corrected chi connectivity index (χ0v) is 16.9. The van der Waals surface area contributed by atoms with Crippen LogP contribution in [0.2, 0.25) is 0 Å². The smallest absolute Gasteiger partial charge is 0.223 e. The van der Waals surface area contributed by atoms with E-state index in [9.17, 15) is 9.18 Å². The number of aromatic nitrogens is 1. The SMILES string of the molecule is Cc1ccc(CNC(=O)C2CCN(c3cc(C)nc4ccc(F)cc34)CC2)cc1. The lowest BCUT2D eigenvalue weighted by Crippen LogP contribution is -2.40. The Morgan fingerprint density at radius 1 is 1.10 bits per heavy atom. The van der Waals surface area contributed by atoms with Gasteiger partial charge in [-0.15, -0.1) is 0 Å². The van der Waals surface area contributed by atoms with Crippen molar-refractivity contribution in [2.24, 2.45) is 5.92 Å². The van der Waals surface area contributed by atoms with Gasteiger partial charge in [0.2, 0.25) is 5.91 Å². The molecule has 0 bridgehead atoms. The maximum absolute atomic E-state index is 13.8. The van der Waals surface area contributed by atoms with Gasteiger partial charge in [0.1, 0.15) is 5.82 Å². The van der Waals surface area contributed by atoms with Gasteiger partial charge >= 0.3 is 0 Å². The van der Waals surface area contributed by atoms with Crippen molar-refractivity contribution in [3.05, 3.63) is 71.2 Å². The summed E-state index contributed by atoms with van der Waals surface area (Å²) in [6.45, 7) is 6.12. The molecule has 1 saturated heterocycles. The second-order valence-electron chi connectivity index (χ2n) is 7.91. The number of hydrogen-bond donors (Lipinski definition) is 1. The van der Waals surface area contributed by atoms with Gasteiger partial charge in [-0.1, -0.05) is 29.8 Å². The molecule has 0 unspecified atom stereocenters. The van der Waals surface area contributed by atoms with Gasteiger partial charge in [0.05, 0.1) is 5.52 Å². The van der Waals surface area contributed by atoms with Crippen molar-refractivity contribution in [2.45, 2.75) is 33.2 Å². The van der Waals surface area contributed by atoms with Gasteiger partial charge in [0.25, 0.3) is 0 Å². The predicted molar refractivity (Wildman–Crippen MR) is 114 cm³/mol. The summed E-state index contributed by atoms with van der Waals surface area (Å²) in [5, 5.41) is 3.90. The van der Waals surface area contributed by atoms with Crippen LogP contribution in [0.15, 0.2) is 48.5 Å². The van der Waals surface area contributed by atoms with Crippen LogP contribution in [0.3, 0.4) is 0 Å². The number of nitrogens with one attached hydrogen (secondary N) is 1. The summed E-state index contributed by atoms with van der Waals surface area (Å²) in [6.07, 6.45) is 1.58. The third-order valence-corrected chi connectivity index (χ3v) is 5.67. The molecule has 1 aliphatic rings. The molecule has 4 rings (SSSR count). The van der Waals surface area contributed by atoms with Gasteiger partial charge in [-0.2, -0.15) is 0 Å². The van der Waals surface area contributed by atoms with Crippen LogP contribution < -0.4 is 10.2 Å². The van der Waals surface area contributed by atoms with Crippen LogP contribution in [-0.2, 0) is 11.3 Å². The fourth-order valence-electron chi connectivity index (χ4n) is 3.99. The van der Waals surface area contributed by atoms with Crippen molar-refractivity contribution < 1.29 is 9.18 Å². The Morgan fingerprint density at radius 2 is 1.83 bits per heavy atom. The minimum atomic E-state index is -0.255. The Bertz CT molecular complexity index is 1020. The molecular formula is C24H26FN3O. The first kappa shape index (κ1) is 19.4. The van der Waals surface area contributed by atoms with Crippen molar-refractivity contribution in [2.75, 3.05) is 18.0 Å². The van der Waals surface area contributed by atoms with Crippen LogP contribution in [0, 0.1) is 25.6 Å². The zero-order chi connectivity index (χ0) is 20.4. The maximum atomic E-state index is 13.8. The number of rotatable bonds is 4. The summed E-state index contributed by atoms with van der Waals surface area (Å²) in [7, 11) is 0. The first-order valence-electron chi connectivity index (χ1n) is 10.1. The average Bonchev–Trinajstić information content (AvgIpc) is 2.73. The van der Waals surface area contributed by atoms with Crippen molar-refractivity contribution in [3.63, 3.8) is 0 Å². The van der Waals surface area contributed by atoms with Crippen molar-refractivity contribution in [1.29, 1.82) is 0 Å². The highest BCUT2D eigenvalue weighted by Crippen LogP contribution is 2.31. The second kappa shape index (κ2) is 8.19. The summed E-state index contributed by atoms with van der Waals surface area (Å²) in [5.41, 5.74) is 5.05. The minimum Gasteiger partial charge on any atom is -0.371 e. The predicted octanol–water partition coefficient (Wildman–Crippen LogP) is 4.52. The summed E-state index contributed by atoms with van der Waals surface area (Å²) < 4.78 is 13.8. The number of amides is 1. The van der Waals surface area contributed by atoms with Gasteiger partial charge in [-0.05, 0) is 56.5 Å². The number of carbonyl (C=O) groups is 1. The average molecular weight is 391 g/mol. The molecular weight excluding hydrogens is 365 g/mol. The number of anilines is 1. The molecule has 2 heterocycles. The van der Waals surface area contributed by atoms with E-state index in [4.69, 9.17) is 0 Å². The van der Waals surface area contributed by atoms with E-state index in [1.807, 2.05) is 25.1 Å². The van der Waals surface area contributed by atoms with Gasteiger partial charge in [-0.3, -0.25) is 9.78 Å². The molecule has 3 aromatic rings. The number of halogens is 1. The van der Waals surface area contributed by atoms with E-state index >= 15 is 0 Å². The second-order valence-corrected chi connectivity index (χ2v) is 7.91. The Morgan fingerprint density at radius 3 is 2.55 bits per heavy atom. The summed E-state index contributed by atoms with van der Waals surface area (Å²) in [6, 6.07) is 15.0. The number of benzene rings is 2. The number of aryl methyl sites for hydroxylation is 2. The van der Waals surface area contributed by atoms with Crippen LogP contribution in [0.1, 0.15) is 29.7 Å². The molecule has 150 valence electrons. The highest BCUT2D eigenvalue weighted by molar-refractivity contribution is 5.92. The molecule has 2 aromatic carbocycles. The monoisotopic (exact) mass is 391 g/mol. The van der Waals surface area contributed by atoms with Crippen LogP contribution in [0.25, 0.3) is 10.9 Å². The van der Waals surface area contributed by atoms with E-state index in [1.54, 1.807) is 12.1 Å². The van der Waals surface area contributed by atoms with Gasteiger partial charge in [0, 0.05) is 42.3 Å². The van der Waals surface area contributed by atoms with Gasteiger partial charge in [-0.25, -0.2) is 4.39 Å². The molecule has 5 heteroatoms. The molecule has 1 aliphatic heterocycles. The zero-order valence-electron chi connectivity index (χ0n) is 16.9. The minimum absolute atomic E-state index is 0.0163. The van der Waals surface area contributed by atoms with E-state index in [2.05, 4.69) is 34.3 Å². The van der Waals surface area contributed by atoms with E-state index in [-0.39, 0.29) is 17.6 Å². The van der Waals surface area contributed by atoms with Crippen molar-refractivity contribution in [3.8, 4) is 0 Å². The Balaban J connectivity index is 1.40. The summed E-state index contributed by atoms with van der Waals surface area (Å²) in [5.74, 6) is -0.121. The Kier molecular flexibility index (Phi) is 5.47. The van der Waals surface area contributed by atoms with Crippen LogP contribution in [0.4, 0.5) is 10.1 Å². The molecule has 0 aliphatic carbocycles. The summed E-state index contributed by atoms with van der Waals surface area (Å²) in [4.78, 5) is 19.4. The molecule has 1 aromatic heterocycles. The summed E-state index contributed by atoms with van der Waals surface area (Å²) >= 11 is 0. The number of fused-ring (bicyclic) bond motifs is 1. The molecule has 0 radical (unpaired) electrons. The van der Waals surface area contributed by atoms with E-state index in [0.29, 0.717) is 6.54 Å². The normalized spacial score (nSPS) is 14.9. The lowest BCUT2D eigenvalue weighted by Gasteiger charge is -2.33. The molecule has 0 saturated carbocycles. The van der Waals surface area contributed by atoms with Crippen LogP contribution >= 0.6 is 0 Å². The third kappa shape index (κ3) is 4.39. The number of piperidine rings is 1. The fourth-order valence-corrected chi connectivity index (χ4v) is 3.99. The molecule has 29 heavy (non-hydrogen) atoms. The van der Waals surface area contributed by atoms with Crippen LogP contribution in [0.5, 0.6) is 0 Å². The van der Waals surface area contributed by atoms with E-state index in [1.165, 1.54) is 11.6 Å². The van der Waals surface area contributed by atoms with Crippen molar-refractivity contribution in [1.82, 2.24) is 10.3 Å². The molecule has 0 atom stereocenters. The molecule has 0 spiro atoms. The lowest BCUT2D eigenvalue weighted by molar-refractivity contribution is -0.125. The molecule has 4 nitrogen and oxygen atoms in total. The van der Waals surface area contributed by atoms with E-state index < -0.39 is 0 Å². The van der Waals surface area contributed by atoms with Gasteiger partial charge < -0.3 is 10.2 Å². The number of carbonyl (C=O) groups excluding carboxylic acids is 1. The number of nitrogens with zero attached hydrogens (tertiary/aromatic N) is 2. The number of pyridine rings is 1. The largest absolute Gasteiger partial charge is 0.371 e. The van der Waals surface area contributed by atoms with Gasteiger partial charge in [0.15, 0.2) is 0 Å². The topological polar surface area (TPSA) is 45.2 Å². The first-order chi connectivity index (χ1) is 14.0. The molecule has 1 N–H and O–H groups in total. The maximum Gasteiger partial charge on any atom is 0.223 e. The number of hydrogen-bond acceptors (Lipinski definition) is 3. The van der Waals surface area contributed by atoms with Crippen LogP contribution in [-0.4, -0.2) is 24.0 Å². The van der Waals surface area contributed by atoms with Crippen molar-refractivity contribution >= 4 is 22.5 Å². The Hall–Kier alpha value is -2.95.